The minimum atomic E-state index is -0.0477. The molecule has 1 amide bonds. The molecule has 0 aliphatic rings. The minimum absolute atomic E-state index is 0.0477. The summed E-state index contributed by atoms with van der Waals surface area (Å²) < 4.78 is 5.34. The van der Waals surface area contributed by atoms with E-state index in [-0.39, 0.29) is 11.9 Å². The Labute approximate surface area is 169 Å². The first kappa shape index (κ1) is 19.8. The number of aromatic nitrogens is 2. The van der Waals surface area contributed by atoms with Gasteiger partial charge in [0.25, 0.3) is 0 Å². The molecule has 3 rings (SSSR count). The first-order chi connectivity index (χ1) is 13.5. The quantitative estimate of drug-likeness (QED) is 0.535. The Morgan fingerprint density at radius 2 is 1.96 bits per heavy atom. The van der Waals surface area contributed by atoms with E-state index >= 15 is 0 Å². The number of carbonyl (C=O) groups excluding carboxylic acids is 1. The summed E-state index contributed by atoms with van der Waals surface area (Å²) in [6.07, 6.45) is 3.90. The van der Waals surface area contributed by atoms with E-state index in [9.17, 15) is 4.79 Å². The van der Waals surface area contributed by atoms with Gasteiger partial charge in [0.05, 0.1) is 0 Å². The van der Waals surface area contributed by atoms with E-state index in [1.807, 2.05) is 62.4 Å². The van der Waals surface area contributed by atoms with Crippen molar-refractivity contribution in [3.05, 3.63) is 77.2 Å². The summed E-state index contributed by atoms with van der Waals surface area (Å²) in [5.41, 5.74) is 1.78. The van der Waals surface area contributed by atoms with Gasteiger partial charge < -0.3 is 9.42 Å². The summed E-state index contributed by atoms with van der Waals surface area (Å²) in [7, 11) is 0. The standard InChI is InChI=1S/C22H22ClN3O2/c1-16(2)26(21(27)12-11-17-7-4-3-5-8-17)14-13-20-24-22(25-28-20)18-9-6-10-19(23)15-18/h3-12,15-16H,13-14H2,1-2H3. The van der Waals surface area contributed by atoms with Crippen molar-refractivity contribution in [2.75, 3.05) is 6.54 Å². The lowest BCUT2D eigenvalue weighted by molar-refractivity contribution is -0.127. The summed E-state index contributed by atoms with van der Waals surface area (Å²) in [6, 6.07) is 17.1. The van der Waals surface area contributed by atoms with E-state index in [2.05, 4.69) is 10.1 Å². The van der Waals surface area contributed by atoms with E-state index in [0.29, 0.717) is 29.7 Å². The van der Waals surface area contributed by atoms with Crippen LogP contribution in [0.25, 0.3) is 17.5 Å². The molecule has 0 fully saturated rings. The molecule has 1 aromatic heterocycles. The molecule has 0 spiro atoms. The molecule has 0 N–H and O–H groups in total. The molecule has 28 heavy (non-hydrogen) atoms. The van der Waals surface area contributed by atoms with Crippen LogP contribution in [0.2, 0.25) is 5.02 Å². The second kappa shape index (κ2) is 9.33. The third kappa shape index (κ3) is 5.30. The van der Waals surface area contributed by atoms with Crippen LogP contribution in [0.15, 0.2) is 65.2 Å². The Hall–Kier alpha value is -2.92. The van der Waals surface area contributed by atoms with Crippen LogP contribution in [0.1, 0.15) is 25.3 Å². The zero-order chi connectivity index (χ0) is 19.9. The lowest BCUT2D eigenvalue weighted by Crippen LogP contribution is -2.37. The van der Waals surface area contributed by atoms with E-state index in [1.165, 1.54) is 0 Å². The van der Waals surface area contributed by atoms with E-state index in [1.54, 1.807) is 23.1 Å². The highest BCUT2D eigenvalue weighted by Crippen LogP contribution is 2.20. The van der Waals surface area contributed by atoms with Gasteiger partial charge in [-0.2, -0.15) is 4.98 Å². The first-order valence-electron chi connectivity index (χ1n) is 9.15. The smallest absolute Gasteiger partial charge is 0.246 e. The number of halogens is 1. The molecule has 0 unspecified atom stereocenters. The van der Waals surface area contributed by atoms with Crippen molar-refractivity contribution in [3.63, 3.8) is 0 Å². The average Bonchev–Trinajstić information content (AvgIpc) is 3.16. The molecule has 0 aliphatic heterocycles. The number of amides is 1. The third-order valence-corrected chi connectivity index (χ3v) is 4.48. The number of carbonyl (C=O) groups is 1. The molecule has 0 radical (unpaired) electrons. The summed E-state index contributed by atoms with van der Waals surface area (Å²) in [6.45, 7) is 4.46. The number of hydrogen-bond donors (Lipinski definition) is 0. The van der Waals surface area contributed by atoms with Crippen molar-refractivity contribution in [2.45, 2.75) is 26.3 Å². The van der Waals surface area contributed by atoms with Crippen molar-refractivity contribution in [2.24, 2.45) is 0 Å². The molecule has 2 aromatic carbocycles. The second-order valence-electron chi connectivity index (χ2n) is 6.64. The maximum absolute atomic E-state index is 12.6. The van der Waals surface area contributed by atoms with Gasteiger partial charge in [-0.15, -0.1) is 0 Å². The SMILES string of the molecule is CC(C)N(CCc1nc(-c2cccc(Cl)c2)no1)C(=O)C=Cc1ccccc1. The second-order valence-corrected chi connectivity index (χ2v) is 7.08. The fraction of sp³-hybridized carbons (Fsp3) is 0.227. The molecule has 0 aliphatic carbocycles. The van der Waals surface area contributed by atoms with E-state index < -0.39 is 0 Å². The molecule has 5 nitrogen and oxygen atoms in total. The average molecular weight is 396 g/mol. The zero-order valence-corrected chi connectivity index (χ0v) is 16.6. The van der Waals surface area contributed by atoms with Crippen molar-refractivity contribution in [1.29, 1.82) is 0 Å². The molecule has 0 saturated carbocycles. The van der Waals surface area contributed by atoms with Crippen molar-refractivity contribution in [1.82, 2.24) is 15.0 Å². The molecular formula is C22H22ClN3O2. The Morgan fingerprint density at radius 1 is 1.18 bits per heavy atom. The highest BCUT2D eigenvalue weighted by Gasteiger charge is 2.17. The molecule has 144 valence electrons. The normalized spacial score (nSPS) is 11.3. The fourth-order valence-electron chi connectivity index (χ4n) is 2.77. The fourth-order valence-corrected chi connectivity index (χ4v) is 2.96. The molecule has 0 bridgehead atoms. The van der Waals surface area contributed by atoms with Crippen LogP contribution >= 0.6 is 11.6 Å². The van der Waals surface area contributed by atoms with Gasteiger partial charge in [-0.05, 0) is 37.6 Å². The lowest BCUT2D eigenvalue weighted by Gasteiger charge is -2.24. The monoisotopic (exact) mass is 395 g/mol. The maximum atomic E-state index is 12.6. The van der Waals surface area contributed by atoms with Gasteiger partial charge >= 0.3 is 0 Å². The summed E-state index contributed by atoms with van der Waals surface area (Å²) in [5.74, 6) is 0.929. The predicted molar refractivity (Wildman–Crippen MR) is 111 cm³/mol. The van der Waals surface area contributed by atoms with Gasteiger partial charge in [0.1, 0.15) is 0 Å². The third-order valence-electron chi connectivity index (χ3n) is 4.24. The molecule has 6 heteroatoms. The van der Waals surface area contributed by atoms with Crippen LogP contribution in [0.4, 0.5) is 0 Å². The van der Waals surface area contributed by atoms with Crippen LogP contribution in [-0.4, -0.2) is 33.5 Å². The molecular weight excluding hydrogens is 374 g/mol. The van der Waals surface area contributed by atoms with E-state index in [0.717, 1.165) is 11.1 Å². The van der Waals surface area contributed by atoms with Crippen molar-refractivity contribution in [3.8, 4) is 11.4 Å². The molecule has 3 aromatic rings. The highest BCUT2D eigenvalue weighted by molar-refractivity contribution is 6.30. The van der Waals surface area contributed by atoms with Gasteiger partial charge in [-0.25, -0.2) is 0 Å². The van der Waals surface area contributed by atoms with Crippen LogP contribution in [0.3, 0.4) is 0 Å². The number of rotatable bonds is 7. The van der Waals surface area contributed by atoms with Crippen molar-refractivity contribution >= 4 is 23.6 Å². The summed E-state index contributed by atoms with van der Waals surface area (Å²) in [4.78, 5) is 18.8. The summed E-state index contributed by atoms with van der Waals surface area (Å²) >= 11 is 6.01. The van der Waals surface area contributed by atoms with Gasteiger partial charge in [-0.3, -0.25) is 4.79 Å². The zero-order valence-electron chi connectivity index (χ0n) is 15.9. The summed E-state index contributed by atoms with van der Waals surface area (Å²) in [5, 5.41) is 4.63. The van der Waals surface area contributed by atoms with Crippen LogP contribution in [0, 0.1) is 0 Å². The highest BCUT2D eigenvalue weighted by atomic mass is 35.5. The van der Waals surface area contributed by atoms with Gasteiger partial charge in [-0.1, -0.05) is 59.2 Å². The van der Waals surface area contributed by atoms with Crippen LogP contribution < -0.4 is 0 Å². The molecule has 1 heterocycles. The number of benzene rings is 2. The van der Waals surface area contributed by atoms with Gasteiger partial charge in [0.2, 0.25) is 17.6 Å². The van der Waals surface area contributed by atoms with Gasteiger partial charge in [0.15, 0.2) is 0 Å². The topological polar surface area (TPSA) is 59.2 Å². The van der Waals surface area contributed by atoms with Crippen LogP contribution in [-0.2, 0) is 11.2 Å². The lowest BCUT2D eigenvalue weighted by atomic mass is 10.2. The Kier molecular flexibility index (Phi) is 6.61. The van der Waals surface area contributed by atoms with Gasteiger partial charge in [0, 0.05) is 35.7 Å². The molecule has 0 saturated heterocycles. The number of hydrogen-bond acceptors (Lipinski definition) is 4. The molecule has 0 atom stereocenters. The Bertz CT molecular complexity index is 951. The first-order valence-corrected chi connectivity index (χ1v) is 9.53. The van der Waals surface area contributed by atoms with Crippen LogP contribution in [0.5, 0.6) is 0 Å². The largest absolute Gasteiger partial charge is 0.339 e. The van der Waals surface area contributed by atoms with E-state index in [4.69, 9.17) is 16.1 Å². The number of nitrogens with zero attached hydrogens (tertiary/aromatic N) is 3. The predicted octanol–water partition coefficient (Wildman–Crippen LogP) is 4.88. The maximum Gasteiger partial charge on any atom is 0.246 e. The Morgan fingerprint density at radius 3 is 2.68 bits per heavy atom. The Balaban J connectivity index is 1.64. The minimum Gasteiger partial charge on any atom is -0.339 e. The van der Waals surface area contributed by atoms with Crippen molar-refractivity contribution < 1.29 is 9.32 Å².